The second-order valence-electron chi connectivity index (χ2n) is 4.33. The molecule has 16 heavy (non-hydrogen) atoms. The molecular weight excluding hydrogens is 204 g/mol. The van der Waals surface area contributed by atoms with Gasteiger partial charge in [-0.2, -0.15) is 0 Å². The Kier molecular flexibility index (Phi) is 3.62. The predicted octanol–water partition coefficient (Wildman–Crippen LogP) is 0.794. The van der Waals surface area contributed by atoms with E-state index in [4.69, 9.17) is 4.42 Å². The Morgan fingerprint density at radius 3 is 3.06 bits per heavy atom. The summed E-state index contributed by atoms with van der Waals surface area (Å²) in [5, 5.41) is 6.12. The van der Waals surface area contributed by atoms with Crippen molar-refractivity contribution in [3.63, 3.8) is 0 Å². The average Bonchev–Trinajstić information content (AvgIpc) is 2.67. The molecule has 2 rings (SSSR count). The molecule has 1 aromatic rings. The van der Waals surface area contributed by atoms with Crippen LogP contribution in [0.2, 0.25) is 0 Å². The third kappa shape index (κ3) is 2.64. The first-order valence-corrected chi connectivity index (χ1v) is 5.78. The lowest BCUT2D eigenvalue weighted by atomic mass is 9.88. The van der Waals surface area contributed by atoms with Gasteiger partial charge in [-0.05, 0) is 31.1 Å². The molecule has 4 nitrogen and oxygen atoms in total. The molecule has 0 aliphatic carbocycles. The van der Waals surface area contributed by atoms with Crippen molar-refractivity contribution in [3.8, 4) is 0 Å². The van der Waals surface area contributed by atoms with Crippen LogP contribution in [0.3, 0.4) is 0 Å². The van der Waals surface area contributed by atoms with Gasteiger partial charge in [-0.15, -0.1) is 0 Å². The predicted molar refractivity (Wildman–Crippen MR) is 60.9 cm³/mol. The molecule has 1 fully saturated rings. The summed E-state index contributed by atoms with van der Waals surface area (Å²) in [5.74, 6) is 1.68. The zero-order valence-corrected chi connectivity index (χ0v) is 9.53. The molecule has 4 heteroatoms. The summed E-state index contributed by atoms with van der Waals surface area (Å²) in [7, 11) is 0. The fraction of sp³-hybridized carbons (Fsp3) is 0.583. The standard InChI is InChI=1S/C12H18N2O2/c1-9(10-7-13-8-10)12(15)14-5-4-11-3-2-6-16-11/h2-3,6,9-10,13H,4-5,7-8H2,1H3,(H,14,15). The minimum atomic E-state index is 0.109. The highest BCUT2D eigenvalue weighted by atomic mass is 16.3. The maximum absolute atomic E-state index is 11.7. The smallest absolute Gasteiger partial charge is 0.223 e. The van der Waals surface area contributed by atoms with E-state index < -0.39 is 0 Å². The Bertz CT molecular complexity index is 331. The van der Waals surface area contributed by atoms with Gasteiger partial charge < -0.3 is 15.1 Å². The summed E-state index contributed by atoms with van der Waals surface area (Å²) in [6.07, 6.45) is 2.41. The largest absolute Gasteiger partial charge is 0.469 e. The van der Waals surface area contributed by atoms with Gasteiger partial charge in [0.2, 0.25) is 5.91 Å². The Morgan fingerprint density at radius 1 is 1.69 bits per heavy atom. The van der Waals surface area contributed by atoms with Crippen LogP contribution in [0, 0.1) is 11.8 Å². The van der Waals surface area contributed by atoms with Crippen molar-refractivity contribution in [1.82, 2.24) is 10.6 Å². The third-order valence-corrected chi connectivity index (χ3v) is 3.18. The van der Waals surface area contributed by atoms with Gasteiger partial charge in [-0.1, -0.05) is 6.92 Å². The number of hydrogen-bond acceptors (Lipinski definition) is 3. The zero-order valence-electron chi connectivity index (χ0n) is 9.53. The normalized spacial score (nSPS) is 17.8. The molecular formula is C12H18N2O2. The molecule has 1 aliphatic rings. The molecule has 0 saturated carbocycles. The van der Waals surface area contributed by atoms with Gasteiger partial charge in [-0.25, -0.2) is 0 Å². The molecule has 88 valence electrons. The lowest BCUT2D eigenvalue weighted by Gasteiger charge is -2.31. The summed E-state index contributed by atoms with van der Waals surface area (Å²) >= 11 is 0. The minimum absolute atomic E-state index is 0.109. The highest BCUT2D eigenvalue weighted by molar-refractivity contribution is 5.78. The summed E-state index contributed by atoms with van der Waals surface area (Å²) < 4.78 is 5.19. The molecule has 0 aromatic carbocycles. The molecule has 0 radical (unpaired) electrons. The van der Waals surface area contributed by atoms with Gasteiger partial charge in [0.15, 0.2) is 0 Å². The minimum Gasteiger partial charge on any atom is -0.469 e. The van der Waals surface area contributed by atoms with E-state index in [0.29, 0.717) is 12.5 Å². The van der Waals surface area contributed by atoms with Crippen molar-refractivity contribution in [2.45, 2.75) is 13.3 Å². The van der Waals surface area contributed by atoms with Crippen molar-refractivity contribution in [2.75, 3.05) is 19.6 Å². The maximum Gasteiger partial charge on any atom is 0.223 e. The van der Waals surface area contributed by atoms with Crippen LogP contribution in [0.1, 0.15) is 12.7 Å². The molecule has 1 unspecified atom stereocenters. The molecule has 0 spiro atoms. The van der Waals surface area contributed by atoms with Crippen LogP contribution >= 0.6 is 0 Å². The lowest BCUT2D eigenvalue weighted by molar-refractivity contribution is -0.126. The van der Waals surface area contributed by atoms with Gasteiger partial charge in [-0.3, -0.25) is 4.79 Å². The monoisotopic (exact) mass is 222 g/mol. The van der Waals surface area contributed by atoms with Crippen molar-refractivity contribution in [3.05, 3.63) is 24.2 Å². The van der Waals surface area contributed by atoms with E-state index in [9.17, 15) is 4.79 Å². The summed E-state index contributed by atoms with van der Waals surface area (Å²) in [5.41, 5.74) is 0. The zero-order chi connectivity index (χ0) is 11.4. The van der Waals surface area contributed by atoms with Crippen molar-refractivity contribution in [2.24, 2.45) is 11.8 Å². The second kappa shape index (κ2) is 5.16. The van der Waals surface area contributed by atoms with Crippen molar-refractivity contribution in [1.29, 1.82) is 0 Å². The van der Waals surface area contributed by atoms with Crippen LogP contribution in [0.4, 0.5) is 0 Å². The molecule has 1 aliphatic heterocycles. The number of rotatable bonds is 5. The molecule has 2 heterocycles. The molecule has 1 amide bonds. The lowest BCUT2D eigenvalue weighted by Crippen LogP contribution is -2.49. The number of carbonyl (C=O) groups excluding carboxylic acids is 1. The van der Waals surface area contributed by atoms with Crippen molar-refractivity contribution < 1.29 is 9.21 Å². The van der Waals surface area contributed by atoms with E-state index >= 15 is 0 Å². The number of hydrogen-bond donors (Lipinski definition) is 2. The molecule has 1 atom stereocenters. The van der Waals surface area contributed by atoms with E-state index in [1.807, 2.05) is 19.1 Å². The Hall–Kier alpha value is -1.29. The Labute approximate surface area is 95.4 Å². The van der Waals surface area contributed by atoms with E-state index in [2.05, 4.69) is 10.6 Å². The van der Waals surface area contributed by atoms with Gasteiger partial charge >= 0.3 is 0 Å². The number of amides is 1. The number of carbonyl (C=O) groups is 1. The summed E-state index contributed by atoms with van der Waals surface area (Å²) in [6.45, 7) is 4.57. The summed E-state index contributed by atoms with van der Waals surface area (Å²) in [4.78, 5) is 11.7. The Balaban J connectivity index is 1.67. The van der Waals surface area contributed by atoms with Crippen LogP contribution in [0.5, 0.6) is 0 Å². The van der Waals surface area contributed by atoms with Crippen LogP contribution in [0.25, 0.3) is 0 Å². The van der Waals surface area contributed by atoms with Crippen LogP contribution in [0.15, 0.2) is 22.8 Å². The highest BCUT2D eigenvalue weighted by Gasteiger charge is 2.28. The molecule has 1 saturated heterocycles. The van der Waals surface area contributed by atoms with E-state index in [1.54, 1.807) is 6.26 Å². The number of nitrogens with one attached hydrogen (secondary N) is 2. The van der Waals surface area contributed by atoms with Gasteiger partial charge in [0.25, 0.3) is 0 Å². The van der Waals surface area contributed by atoms with E-state index in [0.717, 1.165) is 25.3 Å². The molecule has 1 aromatic heterocycles. The first kappa shape index (κ1) is 11.2. The first-order chi connectivity index (χ1) is 7.77. The van der Waals surface area contributed by atoms with E-state index in [-0.39, 0.29) is 11.8 Å². The third-order valence-electron chi connectivity index (χ3n) is 3.18. The fourth-order valence-corrected chi connectivity index (χ4v) is 1.80. The van der Waals surface area contributed by atoms with Crippen LogP contribution in [-0.4, -0.2) is 25.5 Å². The molecule has 0 bridgehead atoms. The summed E-state index contributed by atoms with van der Waals surface area (Å²) in [6, 6.07) is 3.78. The number of furan rings is 1. The molecule has 2 N–H and O–H groups in total. The maximum atomic E-state index is 11.7. The second-order valence-corrected chi connectivity index (χ2v) is 4.33. The average molecular weight is 222 g/mol. The SMILES string of the molecule is CC(C(=O)NCCc1ccco1)C1CNC1. The quantitative estimate of drug-likeness (QED) is 0.774. The van der Waals surface area contributed by atoms with Crippen molar-refractivity contribution >= 4 is 5.91 Å². The van der Waals surface area contributed by atoms with Gasteiger partial charge in [0, 0.05) is 18.9 Å². The topological polar surface area (TPSA) is 54.3 Å². The van der Waals surface area contributed by atoms with E-state index in [1.165, 1.54) is 0 Å². The van der Waals surface area contributed by atoms with Crippen LogP contribution in [-0.2, 0) is 11.2 Å². The Morgan fingerprint density at radius 2 is 2.50 bits per heavy atom. The van der Waals surface area contributed by atoms with Gasteiger partial charge in [0.05, 0.1) is 6.26 Å². The van der Waals surface area contributed by atoms with Crippen LogP contribution < -0.4 is 10.6 Å². The highest BCUT2D eigenvalue weighted by Crippen LogP contribution is 2.15. The van der Waals surface area contributed by atoms with Gasteiger partial charge in [0.1, 0.15) is 5.76 Å². The first-order valence-electron chi connectivity index (χ1n) is 5.78. The fourth-order valence-electron chi connectivity index (χ4n) is 1.80.